The summed E-state index contributed by atoms with van der Waals surface area (Å²) in [6.07, 6.45) is 0. The van der Waals surface area contributed by atoms with Gasteiger partial charge in [0.05, 0.1) is 11.4 Å². The zero-order valence-corrected chi connectivity index (χ0v) is 24.0. The van der Waals surface area contributed by atoms with E-state index in [1.807, 2.05) is 11.3 Å². The van der Waals surface area contributed by atoms with Gasteiger partial charge in [-0.2, -0.15) is 0 Å². The van der Waals surface area contributed by atoms with Gasteiger partial charge in [0.2, 0.25) is 0 Å². The van der Waals surface area contributed by atoms with Crippen LogP contribution in [-0.2, 0) is 0 Å². The van der Waals surface area contributed by atoms with Gasteiger partial charge in [0.25, 0.3) is 0 Å². The molecule has 2 nitrogen and oxygen atoms in total. The number of thiophene rings is 1. The average molecular weight is 568 g/mol. The molecule has 0 fully saturated rings. The number of benzene rings is 7. The van der Waals surface area contributed by atoms with E-state index in [-0.39, 0.29) is 0 Å². The summed E-state index contributed by atoms with van der Waals surface area (Å²) < 4.78 is 9.16. The quantitative estimate of drug-likeness (QED) is 0.210. The van der Waals surface area contributed by atoms with E-state index >= 15 is 0 Å². The molecule has 202 valence electrons. The number of nitrogens with zero attached hydrogens (tertiary/aromatic N) is 1. The molecule has 2 aromatic heterocycles. The van der Waals surface area contributed by atoms with Gasteiger partial charge in [-0.25, -0.2) is 0 Å². The van der Waals surface area contributed by atoms with Gasteiger partial charge in [0, 0.05) is 47.6 Å². The summed E-state index contributed by atoms with van der Waals surface area (Å²) in [6.45, 7) is 0. The fourth-order valence-electron chi connectivity index (χ4n) is 6.60. The third-order valence-electron chi connectivity index (χ3n) is 8.46. The van der Waals surface area contributed by atoms with Crippen molar-refractivity contribution in [1.29, 1.82) is 0 Å². The molecule has 9 aromatic rings. The van der Waals surface area contributed by atoms with E-state index in [1.165, 1.54) is 31.2 Å². The van der Waals surface area contributed by atoms with E-state index in [2.05, 4.69) is 157 Å². The summed E-state index contributed by atoms with van der Waals surface area (Å²) in [6, 6.07) is 54.2. The third kappa shape index (κ3) is 3.72. The summed E-state index contributed by atoms with van der Waals surface area (Å²) in [5.41, 5.74) is 7.56. The third-order valence-corrected chi connectivity index (χ3v) is 9.59. The first-order chi connectivity index (χ1) is 21.3. The van der Waals surface area contributed by atoms with Crippen molar-refractivity contribution >= 4 is 81.3 Å². The number of hydrogen-bond acceptors (Lipinski definition) is 3. The molecule has 0 bridgehead atoms. The summed E-state index contributed by atoms with van der Waals surface area (Å²) >= 11 is 1.85. The number of furan rings is 1. The number of hydrogen-bond donors (Lipinski definition) is 0. The maximum Gasteiger partial charge on any atom is 0.143 e. The van der Waals surface area contributed by atoms with E-state index in [0.29, 0.717) is 0 Å². The molecule has 0 aliphatic heterocycles. The van der Waals surface area contributed by atoms with Crippen LogP contribution in [-0.4, -0.2) is 0 Å². The molecule has 3 heteroatoms. The minimum absolute atomic E-state index is 0.899. The highest BCUT2D eigenvalue weighted by Crippen LogP contribution is 2.48. The molecule has 0 radical (unpaired) electrons. The van der Waals surface area contributed by atoms with Crippen LogP contribution >= 0.6 is 11.3 Å². The molecule has 2 heterocycles. The molecule has 0 amide bonds. The maximum atomic E-state index is 6.58. The molecule has 7 aromatic carbocycles. The van der Waals surface area contributed by atoms with Crippen LogP contribution in [0.15, 0.2) is 156 Å². The molecular formula is C40H25NOS. The van der Waals surface area contributed by atoms with Crippen molar-refractivity contribution in [3.05, 3.63) is 152 Å². The summed E-state index contributed by atoms with van der Waals surface area (Å²) in [7, 11) is 0. The minimum Gasteiger partial charge on any atom is -0.455 e. The van der Waals surface area contributed by atoms with Crippen molar-refractivity contribution < 1.29 is 4.42 Å². The van der Waals surface area contributed by atoms with Crippen LogP contribution in [0.3, 0.4) is 0 Å². The van der Waals surface area contributed by atoms with Gasteiger partial charge in [0.15, 0.2) is 0 Å². The second-order valence-corrected chi connectivity index (χ2v) is 12.0. The van der Waals surface area contributed by atoms with Crippen LogP contribution in [0.4, 0.5) is 17.1 Å². The Morgan fingerprint density at radius 3 is 2.07 bits per heavy atom. The van der Waals surface area contributed by atoms with E-state index in [0.717, 1.165) is 49.8 Å². The number of rotatable bonds is 4. The van der Waals surface area contributed by atoms with Crippen LogP contribution in [0.2, 0.25) is 0 Å². The van der Waals surface area contributed by atoms with Crippen molar-refractivity contribution in [2.75, 3.05) is 4.90 Å². The van der Waals surface area contributed by atoms with E-state index in [1.54, 1.807) is 0 Å². The Hall–Kier alpha value is -5.38. The lowest BCUT2D eigenvalue weighted by Crippen LogP contribution is -2.11. The van der Waals surface area contributed by atoms with Gasteiger partial charge in [0.1, 0.15) is 11.2 Å². The minimum atomic E-state index is 0.899. The Morgan fingerprint density at radius 1 is 0.442 bits per heavy atom. The van der Waals surface area contributed by atoms with Crippen LogP contribution in [0.25, 0.3) is 64.0 Å². The zero-order chi connectivity index (χ0) is 28.3. The molecule has 0 unspecified atom stereocenters. The smallest absolute Gasteiger partial charge is 0.143 e. The SMILES string of the molecule is c1ccc(N(c2ccccc2-c2cccc3oc4c5ccccc5ccc4c23)c2cccc3sc4ccccc4c23)cc1. The fourth-order valence-corrected chi connectivity index (χ4v) is 7.73. The molecule has 0 aliphatic rings. The Morgan fingerprint density at radius 2 is 1.14 bits per heavy atom. The summed E-state index contributed by atoms with van der Waals surface area (Å²) in [5.74, 6) is 0. The first-order valence-corrected chi connectivity index (χ1v) is 15.3. The number of anilines is 3. The van der Waals surface area contributed by atoms with Gasteiger partial charge in [-0.1, -0.05) is 103 Å². The molecule has 0 saturated carbocycles. The standard InChI is InChI=1S/C40H25NOS/c1-2-13-27(14-3-1)41(34-20-11-23-37-39(34)31-17-7-9-22-36(31)43-37)33-19-8-6-16-29(33)30-18-10-21-35-38(30)32-25-24-26-12-4-5-15-28(26)40(32)42-35/h1-25H. The lowest BCUT2D eigenvalue weighted by atomic mass is 9.96. The van der Waals surface area contributed by atoms with Crippen LogP contribution in [0.5, 0.6) is 0 Å². The summed E-state index contributed by atoms with van der Waals surface area (Å²) in [5, 5.41) is 7.16. The number of para-hydroxylation sites is 2. The predicted octanol–water partition coefficient (Wildman–Crippen LogP) is 12.2. The molecule has 0 atom stereocenters. The van der Waals surface area contributed by atoms with Crippen molar-refractivity contribution in [2.45, 2.75) is 0 Å². The maximum absolute atomic E-state index is 6.58. The van der Waals surface area contributed by atoms with Crippen LogP contribution in [0.1, 0.15) is 0 Å². The Labute approximate surface area is 252 Å². The van der Waals surface area contributed by atoms with E-state index < -0.39 is 0 Å². The lowest BCUT2D eigenvalue weighted by Gasteiger charge is -2.28. The molecule has 0 spiro atoms. The van der Waals surface area contributed by atoms with Gasteiger partial charge in [-0.05, 0) is 59.5 Å². The molecular weight excluding hydrogens is 543 g/mol. The topological polar surface area (TPSA) is 16.4 Å². The highest BCUT2D eigenvalue weighted by atomic mass is 32.1. The van der Waals surface area contributed by atoms with Gasteiger partial charge in [-0.15, -0.1) is 11.3 Å². The van der Waals surface area contributed by atoms with Crippen LogP contribution in [0, 0.1) is 0 Å². The molecule has 0 saturated heterocycles. The number of fused-ring (bicyclic) bond motifs is 8. The molecule has 0 N–H and O–H groups in total. The monoisotopic (exact) mass is 567 g/mol. The van der Waals surface area contributed by atoms with Crippen molar-refractivity contribution in [3.8, 4) is 11.1 Å². The molecule has 9 rings (SSSR count). The lowest BCUT2D eigenvalue weighted by molar-refractivity contribution is 0.673. The van der Waals surface area contributed by atoms with Crippen molar-refractivity contribution in [3.63, 3.8) is 0 Å². The summed E-state index contributed by atoms with van der Waals surface area (Å²) in [4.78, 5) is 2.42. The fraction of sp³-hybridized carbons (Fsp3) is 0. The Kier molecular flexibility index (Phi) is 5.40. The highest BCUT2D eigenvalue weighted by Gasteiger charge is 2.23. The molecule has 43 heavy (non-hydrogen) atoms. The van der Waals surface area contributed by atoms with E-state index in [4.69, 9.17) is 4.42 Å². The van der Waals surface area contributed by atoms with Crippen molar-refractivity contribution in [2.24, 2.45) is 0 Å². The van der Waals surface area contributed by atoms with Crippen molar-refractivity contribution in [1.82, 2.24) is 0 Å². The molecule has 0 aliphatic carbocycles. The zero-order valence-electron chi connectivity index (χ0n) is 23.2. The normalized spacial score (nSPS) is 11.7. The average Bonchev–Trinajstić information content (AvgIpc) is 3.65. The Balaban J connectivity index is 1.36. The van der Waals surface area contributed by atoms with E-state index in [9.17, 15) is 0 Å². The van der Waals surface area contributed by atoms with Crippen LogP contribution < -0.4 is 4.90 Å². The first-order valence-electron chi connectivity index (χ1n) is 14.5. The first kappa shape index (κ1) is 24.2. The van der Waals surface area contributed by atoms with Gasteiger partial charge in [-0.3, -0.25) is 0 Å². The van der Waals surface area contributed by atoms with Gasteiger partial charge >= 0.3 is 0 Å². The second-order valence-electron chi connectivity index (χ2n) is 10.9. The van der Waals surface area contributed by atoms with Gasteiger partial charge < -0.3 is 9.32 Å². The highest BCUT2D eigenvalue weighted by molar-refractivity contribution is 7.26. The largest absolute Gasteiger partial charge is 0.455 e. The Bertz CT molecular complexity index is 2470. The second kappa shape index (κ2) is 9.59. The predicted molar refractivity (Wildman–Crippen MR) is 184 cm³/mol.